The van der Waals surface area contributed by atoms with E-state index >= 15 is 0 Å². The van der Waals surface area contributed by atoms with Gasteiger partial charge in [-0.15, -0.1) is 7.77 Å². The van der Waals surface area contributed by atoms with Gasteiger partial charge in [0.2, 0.25) is 16.3 Å². The lowest BCUT2D eigenvalue weighted by Crippen LogP contribution is -2.20. The third-order valence-corrected chi connectivity index (χ3v) is 0.912. The molecule has 1 nitrogen and oxygen atoms in total. The maximum atomic E-state index is 10.9. The molecule has 0 rings (SSSR count). The van der Waals surface area contributed by atoms with Gasteiger partial charge in [-0.25, -0.2) is 0 Å². The Hall–Kier alpha value is -0.170. The van der Waals surface area contributed by atoms with Crippen LogP contribution in [0.15, 0.2) is 0 Å². The Morgan fingerprint density at radius 3 is 1.56 bits per heavy atom. The number of rotatable bonds is 0. The van der Waals surface area contributed by atoms with Crippen molar-refractivity contribution in [1.82, 2.24) is 0 Å². The summed E-state index contributed by atoms with van der Waals surface area (Å²) in [6.07, 6.45) is -5.29. The predicted molar refractivity (Wildman–Crippen MR) is 23.5 cm³/mol. The summed E-state index contributed by atoms with van der Waals surface area (Å²) in [5.41, 5.74) is 0. The maximum Gasteiger partial charge on any atom is 0.448 e. The minimum absolute atomic E-state index is 2.72. The zero-order valence-electron chi connectivity index (χ0n) is 3.75. The third kappa shape index (κ3) is 2.75. The fourth-order valence-corrected chi connectivity index (χ4v) is 0.262. The second-order valence-electron chi connectivity index (χ2n) is 1.02. The van der Waals surface area contributed by atoms with Gasteiger partial charge >= 0.3 is 6.18 Å². The monoisotopic (exact) mass is 168 g/mol. The van der Waals surface area contributed by atoms with Crippen molar-refractivity contribution in [3.63, 3.8) is 0 Å². The molecule has 56 valence electrons. The highest BCUT2D eigenvalue weighted by molar-refractivity contribution is 8.06. The Bertz CT molecular complexity index is 132. The highest BCUT2D eigenvalue weighted by Gasteiger charge is 2.36. The van der Waals surface area contributed by atoms with Gasteiger partial charge in [0.1, 0.15) is 0 Å². The lowest BCUT2D eigenvalue weighted by molar-refractivity contribution is -0.0697. The summed E-state index contributed by atoms with van der Waals surface area (Å²) in [7, 11) is 0. The second-order valence-corrected chi connectivity index (χ2v) is 1.83. The summed E-state index contributed by atoms with van der Waals surface area (Å²) >= 11 is -4.08. The molecule has 0 aliphatic rings. The second kappa shape index (κ2) is 2.61. The van der Waals surface area contributed by atoms with Crippen molar-refractivity contribution in [3.8, 4) is 0 Å². The van der Waals surface area contributed by atoms with Gasteiger partial charge in [-0.1, -0.05) is 0 Å². The van der Waals surface area contributed by atoms with Crippen molar-refractivity contribution in [2.75, 3.05) is 0 Å². The molecule has 0 fully saturated rings. The zero-order valence-corrected chi connectivity index (χ0v) is 4.56. The van der Waals surface area contributed by atoms with Crippen LogP contribution in [-0.4, -0.2) is 16.3 Å². The minimum Gasteiger partial charge on any atom is -0.348 e. The van der Waals surface area contributed by atoms with E-state index in [-0.39, 0.29) is 0 Å². The van der Waals surface area contributed by atoms with Gasteiger partial charge in [0.25, 0.3) is 0 Å². The van der Waals surface area contributed by atoms with Gasteiger partial charge in [-0.3, -0.25) is 0 Å². The van der Waals surface area contributed by atoms with Crippen LogP contribution in [-0.2, 0) is 0 Å². The van der Waals surface area contributed by atoms with Gasteiger partial charge in [-0.2, -0.15) is 13.2 Å². The van der Waals surface area contributed by atoms with Crippen molar-refractivity contribution >= 4 is 16.3 Å². The van der Waals surface area contributed by atoms with Crippen LogP contribution in [0.4, 0.5) is 20.9 Å². The number of hydrogen-bond acceptors (Lipinski definition) is 0. The van der Waals surface area contributed by atoms with Crippen LogP contribution in [0.25, 0.3) is 0 Å². The molecule has 0 aromatic carbocycles. The van der Waals surface area contributed by atoms with Crippen LogP contribution in [0.5, 0.6) is 0 Å². The molecule has 9 heavy (non-hydrogen) atoms. The van der Waals surface area contributed by atoms with Crippen LogP contribution < -0.4 is 0 Å². The highest BCUT2D eigenvalue weighted by Crippen LogP contribution is 2.27. The third-order valence-electron chi connectivity index (χ3n) is 0.389. The largest absolute Gasteiger partial charge is 0.448 e. The Labute approximate surface area is 49.6 Å². The fraction of sp³-hybridized carbons (Fsp3) is 0.500. The molecule has 0 spiro atoms. The zero-order chi connectivity index (χ0) is 7.65. The molecule has 0 saturated heterocycles. The SMILES string of the molecule is OC(=S(F)F)C(F)(F)F. The summed E-state index contributed by atoms with van der Waals surface area (Å²) in [5, 5.41) is 4.80. The number of hydrogen-bond donors (Lipinski definition) is 1. The molecule has 0 aliphatic heterocycles. The summed E-state index contributed by atoms with van der Waals surface area (Å²) in [6, 6.07) is 0. The highest BCUT2D eigenvalue weighted by atomic mass is 32.2. The van der Waals surface area contributed by atoms with E-state index in [0.717, 1.165) is 0 Å². The summed E-state index contributed by atoms with van der Waals surface area (Å²) in [4.78, 5) is 0. The van der Waals surface area contributed by atoms with Crippen molar-refractivity contribution in [3.05, 3.63) is 0 Å². The molecule has 0 bridgehead atoms. The van der Waals surface area contributed by atoms with Crippen LogP contribution in [0.1, 0.15) is 0 Å². The molecule has 0 aromatic rings. The molecule has 0 radical (unpaired) electrons. The van der Waals surface area contributed by atoms with Crippen molar-refractivity contribution in [2.45, 2.75) is 6.18 Å². The summed E-state index contributed by atoms with van der Waals surface area (Å²) in [6.45, 7) is 0. The standard InChI is InChI=1S/C2HF5OS/c3-2(4,5)1(8)9(6)7/h8H. The molecule has 0 amide bonds. The quantitative estimate of drug-likeness (QED) is 0.434. The average Bonchev–Trinajstić information content (AvgIpc) is 1.62. The van der Waals surface area contributed by atoms with Gasteiger partial charge in [0.15, 0.2) is 0 Å². The molecule has 0 atom stereocenters. The Kier molecular flexibility index (Phi) is 2.56. The number of aliphatic hydroxyl groups is 1. The first-order valence-corrected chi connectivity index (χ1v) is 2.58. The smallest absolute Gasteiger partial charge is 0.348 e. The van der Waals surface area contributed by atoms with Crippen LogP contribution >= 0.6 is 11.3 Å². The molecule has 0 unspecified atom stereocenters. The molecule has 1 N–H and O–H groups in total. The summed E-state index contributed by atoms with van der Waals surface area (Å²) in [5.74, 6) is 0. The van der Waals surface area contributed by atoms with E-state index < -0.39 is 22.5 Å². The van der Waals surface area contributed by atoms with Crippen LogP contribution in [0.2, 0.25) is 0 Å². The number of alkyl halides is 3. The molecule has 0 heterocycles. The van der Waals surface area contributed by atoms with Crippen LogP contribution in [0.3, 0.4) is 0 Å². The first kappa shape index (κ1) is 8.83. The van der Waals surface area contributed by atoms with Gasteiger partial charge in [0.05, 0.1) is 0 Å². The lowest BCUT2D eigenvalue weighted by atomic mass is 10.7. The molecule has 0 aromatic heterocycles. The Morgan fingerprint density at radius 2 is 1.56 bits per heavy atom. The van der Waals surface area contributed by atoms with Crippen molar-refractivity contribution in [2.24, 2.45) is 0 Å². The Morgan fingerprint density at radius 1 is 1.22 bits per heavy atom. The topological polar surface area (TPSA) is 20.2 Å². The van der Waals surface area contributed by atoms with Gasteiger partial charge in [0, 0.05) is 0 Å². The minimum atomic E-state index is -5.29. The normalized spacial score (nSPS) is 12.3. The number of aliphatic hydroxyl groups excluding tert-OH is 1. The van der Waals surface area contributed by atoms with Crippen molar-refractivity contribution in [1.29, 1.82) is 0 Å². The molecular weight excluding hydrogens is 167 g/mol. The molecule has 0 saturated carbocycles. The maximum absolute atomic E-state index is 10.9. The molecular formula is C2HF5OS. The summed E-state index contributed by atoms with van der Waals surface area (Å²) < 4.78 is 54.7. The molecule has 0 aliphatic carbocycles. The van der Waals surface area contributed by atoms with E-state index in [1.807, 2.05) is 0 Å². The molecule has 7 heteroatoms. The van der Waals surface area contributed by atoms with E-state index in [4.69, 9.17) is 5.11 Å². The Balaban J connectivity index is 4.40. The number of halogens is 5. The van der Waals surface area contributed by atoms with E-state index in [0.29, 0.717) is 0 Å². The predicted octanol–water partition coefficient (Wildman–Crippen LogP) is 2.27. The van der Waals surface area contributed by atoms with E-state index in [9.17, 15) is 20.9 Å². The average molecular weight is 168 g/mol. The van der Waals surface area contributed by atoms with Gasteiger partial charge in [-0.05, 0) is 0 Å². The van der Waals surface area contributed by atoms with E-state index in [2.05, 4.69) is 0 Å². The lowest BCUT2D eigenvalue weighted by Gasteiger charge is -2.01. The first-order valence-electron chi connectivity index (χ1n) is 1.55. The van der Waals surface area contributed by atoms with Crippen LogP contribution in [0, 0.1) is 0 Å². The van der Waals surface area contributed by atoms with E-state index in [1.54, 1.807) is 0 Å². The fourth-order valence-electron chi connectivity index (χ4n) is 0.0875. The van der Waals surface area contributed by atoms with Crippen molar-refractivity contribution < 1.29 is 26.0 Å². The first-order chi connectivity index (χ1) is 3.85. The van der Waals surface area contributed by atoms with Gasteiger partial charge < -0.3 is 5.11 Å². The van der Waals surface area contributed by atoms with E-state index in [1.165, 1.54) is 0 Å².